The highest BCUT2D eigenvalue weighted by Gasteiger charge is 2.38. The molecule has 5 nitrogen and oxygen atoms in total. The summed E-state index contributed by atoms with van der Waals surface area (Å²) in [7, 11) is 0. The topological polar surface area (TPSA) is 68.0 Å². The number of aromatic nitrogens is 2. The largest absolute Gasteiger partial charge is 0.342 e. The molecule has 0 unspecified atom stereocenters. The Morgan fingerprint density at radius 1 is 1.27 bits per heavy atom. The predicted octanol–water partition coefficient (Wildman–Crippen LogP) is 4.91. The quantitative estimate of drug-likeness (QED) is 0.531. The molecule has 1 aliphatic rings. The number of amides is 1. The first-order valence-corrected chi connectivity index (χ1v) is 10.8. The van der Waals surface area contributed by atoms with E-state index >= 15 is 0 Å². The SMILES string of the molecule is Cc1nc(C2(NC(=O)CSc3ccc(Br)cc3C)CCCCCC2)no1. The van der Waals surface area contributed by atoms with Crippen molar-refractivity contribution in [3.05, 3.63) is 40.0 Å². The lowest BCUT2D eigenvalue weighted by atomic mass is 9.89. The molecular weight excluding hydrogens is 414 g/mol. The maximum atomic E-state index is 12.7. The number of hydrogen-bond donors (Lipinski definition) is 1. The van der Waals surface area contributed by atoms with Crippen LogP contribution in [0.25, 0.3) is 0 Å². The van der Waals surface area contributed by atoms with Gasteiger partial charge in [-0.25, -0.2) is 0 Å². The predicted molar refractivity (Wildman–Crippen MR) is 106 cm³/mol. The number of benzene rings is 1. The van der Waals surface area contributed by atoms with E-state index in [0.29, 0.717) is 17.5 Å². The Labute approximate surface area is 166 Å². The fourth-order valence-corrected chi connectivity index (χ4v) is 4.74. The van der Waals surface area contributed by atoms with Gasteiger partial charge in [0.25, 0.3) is 0 Å². The number of thioether (sulfide) groups is 1. The van der Waals surface area contributed by atoms with Crippen molar-refractivity contribution < 1.29 is 9.32 Å². The average molecular weight is 438 g/mol. The van der Waals surface area contributed by atoms with Gasteiger partial charge in [0.15, 0.2) is 5.82 Å². The fourth-order valence-electron chi connectivity index (χ4n) is 3.45. The van der Waals surface area contributed by atoms with Crippen molar-refractivity contribution >= 4 is 33.6 Å². The molecule has 0 bridgehead atoms. The van der Waals surface area contributed by atoms with Crippen molar-refractivity contribution in [3.8, 4) is 0 Å². The van der Waals surface area contributed by atoms with E-state index in [-0.39, 0.29) is 5.91 Å². The zero-order valence-corrected chi connectivity index (χ0v) is 17.6. The van der Waals surface area contributed by atoms with E-state index in [1.54, 1.807) is 18.7 Å². The fraction of sp³-hybridized carbons (Fsp3) is 0.526. The second kappa shape index (κ2) is 8.57. The molecule has 0 spiro atoms. The lowest BCUT2D eigenvalue weighted by Gasteiger charge is -2.30. The molecule has 1 fully saturated rings. The summed E-state index contributed by atoms with van der Waals surface area (Å²) in [5.41, 5.74) is 0.663. The molecule has 1 heterocycles. The molecule has 1 aromatic heterocycles. The Morgan fingerprint density at radius 2 is 2.00 bits per heavy atom. The van der Waals surface area contributed by atoms with Gasteiger partial charge in [-0.1, -0.05) is 46.8 Å². The number of nitrogens with zero attached hydrogens (tertiary/aromatic N) is 2. The molecule has 2 aromatic rings. The monoisotopic (exact) mass is 437 g/mol. The lowest BCUT2D eigenvalue weighted by molar-refractivity contribution is -0.120. The molecular formula is C19H24BrN3O2S. The summed E-state index contributed by atoms with van der Waals surface area (Å²) in [5, 5.41) is 7.38. The minimum Gasteiger partial charge on any atom is -0.342 e. The van der Waals surface area contributed by atoms with Gasteiger partial charge in [0, 0.05) is 16.3 Å². The summed E-state index contributed by atoms with van der Waals surface area (Å²) in [6.07, 6.45) is 6.21. The van der Waals surface area contributed by atoms with E-state index in [0.717, 1.165) is 40.6 Å². The Morgan fingerprint density at radius 3 is 2.62 bits per heavy atom. The first-order valence-electron chi connectivity index (χ1n) is 8.99. The van der Waals surface area contributed by atoms with Crippen LogP contribution in [-0.4, -0.2) is 21.8 Å². The van der Waals surface area contributed by atoms with Crippen molar-refractivity contribution in [3.63, 3.8) is 0 Å². The second-order valence-corrected chi connectivity index (χ2v) is 8.81. The van der Waals surface area contributed by atoms with Gasteiger partial charge in [-0.15, -0.1) is 11.8 Å². The molecule has 1 N–H and O–H groups in total. The van der Waals surface area contributed by atoms with Gasteiger partial charge in [0.2, 0.25) is 11.8 Å². The highest BCUT2D eigenvalue weighted by atomic mass is 79.9. The minimum atomic E-state index is -0.499. The van der Waals surface area contributed by atoms with Gasteiger partial charge in [0.05, 0.1) is 5.75 Å². The summed E-state index contributed by atoms with van der Waals surface area (Å²) in [5.74, 6) is 1.55. The molecule has 1 amide bonds. The molecule has 1 saturated carbocycles. The van der Waals surface area contributed by atoms with Gasteiger partial charge < -0.3 is 9.84 Å². The molecule has 26 heavy (non-hydrogen) atoms. The third kappa shape index (κ3) is 4.68. The molecule has 0 atom stereocenters. The van der Waals surface area contributed by atoms with Crippen LogP contribution in [-0.2, 0) is 10.3 Å². The van der Waals surface area contributed by atoms with Crippen LogP contribution in [0.4, 0.5) is 0 Å². The van der Waals surface area contributed by atoms with Crippen LogP contribution in [0.3, 0.4) is 0 Å². The van der Waals surface area contributed by atoms with Crippen molar-refractivity contribution in [1.82, 2.24) is 15.5 Å². The number of carbonyl (C=O) groups is 1. The average Bonchev–Trinajstić information content (AvgIpc) is 2.90. The minimum absolute atomic E-state index is 0.0154. The van der Waals surface area contributed by atoms with Crippen LogP contribution in [0.5, 0.6) is 0 Å². The second-order valence-electron chi connectivity index (χ2n) is 6.88. The lowest BCUT2D eigenvalue weighted by Crippen LogP contribution is -2.47. The maximum absolute atomic E-state index is 12.7. The van der Waals surface area contributed by atoms with E-state index in [2.05, 4.69) is 44.4 Å². The van der Waals surface area contributed by atoms with Gasteiger partial charge in [0.1, 0.15) is 5.54 Å². The molecule has 7 heteroatoms. The normalized spacial score (nSPS) is 16.9. The number of rotatable bonds is 5. The van der Waals surface area contributed by atoms with E-state index in [4.69, 9.17) is 4.52 Å². The van der Waals surface area contributed by atoms with Crippen LogP contribution in [0.2, 0.25) is 0 Å². The zero-order valence-electron chi connectivity index (χ0n) is 15.2. The number of carbonyl (C=O) groups excluding carboxylic acids is 1. The van der Waals surface area contributed by atoms with Crippen molar-refractivity contribution in [2.75, 3.05) is 5.75 Å². The van der Waals surface area contributed by atoms with Crippen LogP contribution < -0.4 is 5.32 Å². The van der Waals surface area contributed by atoms with E-state index in [1.165, 1.54) is 12.8 Å². The molecule has 0 aliphatic heterocycles. The van der Waals surface area contributed by atoms with E-state index < -0.39 is 5.54 Å². The third-order valence-electron chi connectivity index (χ3n) is 4.79. The molecule has 140 valence electrons. The standard InChI is InChI=1S/C19H24BrN3O2S/c1-13-11-15(20)7-8-16(13)26-12-17(24)22-19(9-5-3-4-6-10-19)18-21-14(2)25-23-18/h7-8,11H,3-6,9-10,12H2,1-2H3,(H,22,24). The summed E-state index contributed by atoms with van der Waals surface area (Å²) in [4.78, 5) is 18.3. The van der Waals surface area contributed by atoms with Crippen molar-refractivity contribution in [2.24, 2.45) is 0 Å². The molecule has 0 saturated heterocycles. The summed E-state index contributed by atoms with van der Waals surface area (Å²) < 4.78 is 6.25. The van der Waals surface area contributed by atoms with Gasteiger partial charge >= 0.3 is 0 Å². The smallest absolute Gasteiger partial charge is 0.231 e. The van der Waals surface area contributed by atoms with Crippen LogP contribution in [0, 0.1) is 13.8 Å². The zero-order chi connectivity index (χ0) is 18.6. The highest BCUT2D eigenvalue weighted by Crippen LogP contribution is 2.35. The van der Waals surface area contributed by atoms with Gasteiger partial charge in [-0.2, -0.15) is 4.98 Å². The number of aryl methyl sites for hydroxylation is 2. The van der Waals surface area contributed by atoms with Gasteiger partial charge in [-0.05, 0) is 43.5 Å². The summed E-state index contributed by atoms with van der Waals surface area (Å²) in [6.45, 7) is 3.84. The molecule has 1 aliphatic carbocycles. The van der Waals surface area contributed by atoms with Crippen molar-refractivity contribution in [1.29, 1.82) is 0 Å². The van der Waals surface area contributed by atoms with Crippen LogP contribution in [0.1, 0.15) is 55.8 Å². The Balaban J connectivity index is 1.71. The van der Waals surface area contributed by atoms with E-state index in [9.17, 15) is 4.79 Å². The number of nitrogens with one attached hydrogen (secondary N) is 1. The molecule has 1 aromatic carbocycles. The summed E-state index contributed by atoms with van der Waals surface area (Å²) in [6, 6.07) is 6.11. The molecule has 3 rings (SSSR count). The summed E-state index contributed by atoms with van der Waals surface area (Å²) >= 11 is 5.03. The Kier molecular flexibility index (Phi) is 6.40. The van der Waals surface area contributed by atoms with E-state index in [1.807, 2.05) is 12.1 Å². The van der Waals surface area contributed by atoms with Gasteiger partial charge in [-0.3, -0.25) is 4.79 Å². The van der Waals surface area contributed by atoms with Crippen LogP contribution >= 0.6 is 27.7 Å². The van der Waals surface area contributed by atoms with Crippen molar-refractivity contribution in [2.45, 2.75) is 62.8 Å². The first-order chi connectivity index (χ1) is 12.5. The maximum Gasteiger partial charge on any atom is 0.231 e. The number of halogens is 1. The number of hydrogen-bond acceptors (Lipinski definition) is 5. The Bertz CT molecular complexity index is 770. The highest BCUT2D eigenvalue weighted by molar-refractivity contribution is 9.10. The van der Waals surface area contributed by atoms with Crippen LogP contribution in [0.15, 0.2) is 32.1 Å². The third-order valence-corrected chi connectivity index (χ3v) is 6.46. The Hall–Kier alpha value is -1.34. The first kappa shape index (κ1) is 19.4. The molecule has 0 radical (unpaired) electrons.